The smallest absolute Gasteiger partial charge is 0.251 e. The predicted molar refractivity (Wildman–Crippen MR) is 108 cm³/mol. The highest BCUT2D eigenvalue weighted by Gasteiger charge is 2.28. The molecular formula is C20H29N3O5S. The molecular weight excluding hydrogens is 394 g/mol. The van der Waals surface area contributed by atoms with Crippen molar-refractivity contribution >= 4 is 21.8 Å². The second kappa shape index (κ2) is 9.23. The van der Waals surface area contributed by atoms with Crippen molar-refractivity contribution in [1.82, 2.24) is 14.5 Å². The molecule has 0 saturated carbocycles. The third-order valence-corrected chi connectivity index (χ3v) is 7.23. The molecule has 1 aromatic rings. The van der Waals surface area contributed by atoms with E-state index in [4.69, 9.17) is 4.74 Å². The number of hydrogen-bond donors (Lipinski definition) is 1. The molecule has 0 atom stereocenters. The predicted octanol–water partition coefficient (Wildman–Crippen LogP) is 1.08. The molecule has 0 aliphatic carbocycles. The molecule has 0 aromatic heterocycles. The average Bonchev–Trinajstić information content (AvgIpc) is 2.74. The fourth-order valence-corrected chi connectivity index (χ4v) is 5.07. The Morgan fingerprint density at radius 1 is 1.10 bits per heavy atom. The summed E-state index contributed by atoms with van der Waals surface area (Å²) in [6, 6.07) is 6.12. The molecule has 2 fully saturated rings. The number of likely N-dealkylation sites (tertiary alicyclic amines) is 1. The van der Waals surface area contributed by atoms with Gasteiger partial charge < -0.3 is 15.0 Å². The second-order valence-electron chi connectivity index (χ2n) is 7.77. The van der Waals surface area contributed by atoms with Crippen LogP contribution in [0.3, 0.4) is 0 Å². The zero-order chi connectivity index (χ0) is 21.0. The number of rotatable bonds is 5. The van der Waals surface area contributed by atoms with Gasteiger partial charge in [-0.15, -0.1) is 0 Å². The molecule has 2 aliphatic rings. The quantitative estimate of drug-likeness (QED) is 0.765. The zero-order valence-electron chi connectivity index (χ0n) is 17.0. The van der Waals surface area contributed by atoms with Gasteiger partial charge in [-0.25, -0.2) is 8.42 Å². The lowest BCUT2D eigenvalue weighted by Gasteiger charge is -2.33. The molecule has 2 amide bonds. The number of carbonyl (C=O) groups is 2. The van der Waals surface area contributed by atoms with Gasteiger partial charge in [0.15, 0.2) is 0 Å². The summed E-state index contributed by atoms with van der Waals surface area (Å²) in [5.74, 6) is -0.189. The van der Waals surface area contributed by atoms with Crippen molar-refractivity contribution in [2.24, 2.45) is 5.92 Å². The minimum Gasteiger partial charge on any atom is -0.379 e. The zero-order valence-corrected chi connectivity index (χ0v) is 17.8. The number of sulfonamides is 1. The maximum atomic E-state index is 12.8. The van der Waals surface area contributed by atoms with Crippen LogP contribution in [0.5, 0.6) is 0 Å². The molecule has 2 aliphatic heterocycles. The van der Waals surface area contributed by atoms with E-state index in [9.17, 15) is 18.0 Å². The third-order valence-electron chi connectivity index (χ3n) is 5.34. The van der Waals surface area contributed by atoms with Crippen LogP contribution in [0.1, 0.15) is 37.0 Å². The number of amides is 2. The summed E-state index contributed by atoms with van der Waals surface area (Å²) < 4.78 is 32.2. The lowest BCUT2D eigenvalue weighted by atomic mass is 10.0. The standard InChI is InChI=1S/C20H29N3O5S/c1-15(2)20(25)22-8-6-17(7-9-22)21-19(24)16-4-3-5-18(14-16)29(26,27)23-10-12-28-13-11-23/h3-5,14-15,17H,6-13H2,1-2H3,(H,21,24). The van der Waals surface area contributed by atoms with E-state index in [2.05, 4.69) is 5.32 Å². The van der Waals surface area contributed by atoms with E-state index in [0.717, 1.165) is 0 Å². The first kappa shape index (κ1) is 21.7. The summed E-state index contributed by atoms with van der Waals surface area (Å²) in [6.07, 6.45) is 1.38. The topological polar surface area (TPSA) is 96.0 Å². The van der Waals surface area contributed by atoms with Gasteiger partial charge in [-0.05, 0) is 31.0 Å². The Labute approximate surface area is 172 Å². The molecule has 8 nitrogen and oxygen atoms in total. The molecule has 1 aromatic carbocycles. The lowest BCUT2D eigenvalue weighted by molar-refractivity contribution is -0.135. The summed E-state index contributed by atoms with van der Waals surface area (Å²) in [7, 11) is -3.65. The van der Waals surface area contributed by atoms with Gasteiger partial charge in [0, 0.05) is 43.7 Å². The summed E-state index contributed by atoms with van der Waals surface area (Å²) in [5.41, 5.74) is 0.319. The van der Waals surface area contributed by atoms with Gasteiger partial charge in [0.05, 0.1) is 18.1 Å². The summed E-state index contributed by atoms with van der Waals surface area (Å²) in [4.78, 5) is 26.7. The minimum absolute atomic E-state index is 0.0294. The first-order valence-corrected chi connectivity index (χ1v) is 11.5. The number of carbonyl (C=O) groups excluding carboxylic acids is 2. The Morgan fingerprint density at radius 3 is 2.38 bits per heavy atom. The van der Waals surface area contributed by atoms with Crippen LogP contribution in [0.15, 0.2) is 29.2 Å². The Morgan fingerprint density at radius 2 is 1.76 bits per heavy atom. The molecule has 0 radical (unpaired) electrons. The molecule has 3 rings (SSSR count). The van der Waals surface area contributed by atoms with Crippen LogP contribution in [0.25, 0.3) is 0 Å². The fourth-order valence-electron chi connectivity index (χ4n) is 3.61. The van der Waals surface area contributed by atoms with Crippen molar-refractivity contribution in [3.8, 4) is 0 Å². The summed E-state index contributed by atoms with van der Waals surface area (Å²) in [6.45, 7) is 6.37. The van der Waals surface area contributed by atoms with E-state index >= 15 is 0 Å². The second-order valence-corrected chi connectivity index (χ2v) is 9.71. The van der Waals surface area contributed by atoms with Gasteiger partial charge in [-0.2, -0.15) is 4.31 Å². The van der Waals surface area contributed by atoms with Gasteiger partial charge in [0.1, 0.15) is 0 Å². The van der Waals surface area contributed by atoms with Crippen LogP contribution in [-0.2, 0) is 19.6 Å². The highest BCUT2D eigenvalue weighted by molar-refractivity contribution is 7.89. The van der Waals surface area contributed by atoms with Crippen LogP contribution in [0.2, 0.25) is 0 Å². The van der Waals surface area contributed by atoms with Crippen LogP contribution in [-0.4, -0.2) is 74.9 Å². The van der Waals surface area contributed by atoms with Crippen molar-refractivity contribution in [2.45, 2.75) is 37.6 Å². The molecule has 9 heteroatoms. The highest BCUT2D eigenvalue weighted by Crippen LogP contribution is 2.19. The van der Waals surface area contributed by atoms with Crippen LogP contribution < -0.4 is 5.32 Å². The van der Waals surface area contributed by atoms with Crippen molar-refractivity contribution < 1.29 is 22.7 Å². The van der Waals surface area contributed by atoms with Gasteiger partial charge in [0.25, 0.3) is 5.91 Å². The summed E-state index contributed by atoms with van der Waals surface area (Å²) in [5, 5.41) is 2.98. The van der Waals surface area contributed by atoms with Crippen molar-refractivity contribution in [2.75, 3.05) is 39.4 Å². The first-order valence-electron chi connectivity index (χ1n) is 10.1. The molecule has 29 heavy (non-hydrogen) atoms. The number of ether oxygens (including phenoxy) is 1. The Kier molecular flexibility index (Phi) is 6.92. The van der Waals surface area contributed by atoms with Crippen LogP contribution >= 0.6 is 0 Å². The van der Waals surface area contributed by atoms with Crippen molar-refractivity contribution in [3.63, 3.8) is 0 Å². The number of nitrogens with one attached hydrogen (secondary N) is 1. The molecule has 0 spiro atoms. The molecule has 0 bridgehead atoms. The number of morpholine rings is 1. The fraction of sp³-hybridized carbons (Fsp3) is 0.600. The molecule has 0 unspecified atom stereocenters. The van der Waals surface area contributed by atoms with E-state index in [1.165, 1.54) is 16.4 Å². The minimum atomic E-state index is -3.65. The maximum Gasteiger partial charge on any atom is 0.251 e. The van der Waals surface area contributed by atoms with E-state index in [1.54, 1.807) is 12.1 Å². The van der Waals surface area contributed by atoms with Gasteiger partial charge in [0.2, 0.25) is 15.9 Å². The lowest BCUT2D eigenvalue weighted by Crippen LogP contribution is -2.47. The van der Waals surface area contributed by atoms with Crippen LogP contribution in [0.4, 0.5) is 0 Å². The third kappa shape index (κ3) is 5.15. The monoisotopic (exact) mass is 423 g/mol. The Hall–Kier alpha value is -1.97. The van der Waals surface area contributed by atoms with E-state index < -0.39 is 10.0 Å². The van der Waals surface area contributed by atoms with Gasteiger partial charge >= 0.3 is 0 Å². The highest BCUT2D eigenvalue weighted by atomic mass is 32.2. The van der Waals surface area contributed by atoms with Crippen molar-refractivity contribution in [3.05, 3.63) is 29.8 Å². The number of nitrogens with zero attached hydrogens (tertiary/aromatic N) is 2. The molecule has 160 valence electrons. The summed E-state index contributed by atoms with van der Waals surface area (Å²) >= 11 is 0. The first-order chi connectivity index (χ1) is 13.8. The Balaban J connectivity index is 1.62. The normalized spacial score (nSPS) is 19.3. The average molecular weight is 424 g/mol. The maximum absolute atomic E-state index is 12.8. The molecule has 2 heterocycles. The van der Waals surface area contributed by atoms with E-state index in [1.807, 2.05) is 18.7 Å². The number of benzene rings is 1. The number of piperidine rings is 1. The molecule has 1 N–H and O–H groups in total. The number of hydrogen-bond acceptors (Lipinski definition) is 5. The van der Waals surface area contributed by atoms with Crippen LogP contribution in [0, 0.1) is 5.92 Å². The largest absolute Gasteiger partial charge is 0.379 e. The molecule has 2 saturated heterocycles. The SMILES string of the molecule is CC(C)C(=O)N1CCC(NC(=O)c2cccc(S(=O)(=O)N3CCOCC3)c2)CC1. The van der Waals surface area contributed by atoms with Gasteiger partial charge in [-0.3, -0.25) is 9.59 Å². The Bertz CT molecular complexity index is 841. The van der Waals surface area contributed by atoms with Gasteiger partial charge in [-0.1, -0.05) is 19.9 Å². The van der Waals surface area contributed by atoms with E-state index in [0.29, 0.717) is 57.8 Å². The van der Waals surface area contributed by atoms with E-state index in [-0.39, 0.29) is 28.7 Å². The van der Waals surface area contributed by atoms with Crippen molar-refractivity contribution in [1.29, 1.82) is 0 Å².